The molecular formula is C11H14. The van der Waals surface area contributed by atoms with Gasteiger partial charge in [0.25, 0.3) is 0 Å². The molecule has 4 unspecified atom stereocenters. The van der Waals surface area contributed by atoms with Gasteiger partial charge in [-0.2, -0.15) is 0 Å². The van der Waals surface area contributed by atoms with Crippen LogP contribution in [0.25, 0.3) is 0 Å². The summed E-state index contributed by atoms with van der Waals surface area (Å²) < 4.78 is 0. The lowest BCUT2D eigenvalue weighted by Crippen LogP contribution is -2.32. The summed E-state index contributed by atoms with van der Waals surface area (Å²) in [6, 6.07) is 0. The van der Waals surface area contributed by atoms with Crippen LogP contribution in [-0.2, 0) is 0 Å². The van der Waals surface area contributed by atoms with E-state index >= 15 is 0 Å². The van der Waals surface area contributed by atoms with Crippen LogP contribution in [0.1, 0.15) is 19.8 Å². The van der Waals surface area contributed by atoms with Crippen molar-refractivity contribution in [3.63, 3.8) is 0 Å². The van der Waals surface area contributed by atoms with Crippen molar-refractivity contribution < 1.29 is 0 Å². The Kier molecular flexibility index (Phi) is 0.988. The van der Waals surface area contributed by atoms with Gasteiger partial charge in [0.05, 0.1) is 0 Å². The Morgan fingerprint density at radius 3 is 2.91 bits per heavy atom. The largest absolute Gasteiger partial charge is 0.0881 e. The molecule has 0 aromatic rings. The average Bonchev–Trinajstić information content (AvgIpc) is 2.43. The standard InChI is InChI=1S/C11H14/c1-2-7-6-10-8-3-4-9(5-8)11(7)10/h2-4,8-11H,5-6H2,1H3. The fourth-order valence-electron chi connectivity index (χ4n) is 3.31. The van der Waals surface area contributed by atoms with Crippen LogP contribution in [0.2, 0.25) is 0 Å². The first-order valence-corrected chi connectivity index (χ1v) is 4.73. The van der Waals surface area contributed by atoms with Gasteiger partial charge in [-0.25, -0.2) is 0 Å². The van der Waals surface area contributed by atoms with E-state index in [-0.39, 0.29) is 0 Å². The van der Waals surface area contributed by atoms with Crippen LogP contribution in [0.15, 0.2) is 23.8 Å². The zero-order chi connectivity index (χ0) is 7.42. The Morgan fingerprint density at radius 1 is 1.36 bits per heavy atom. The molecular weight excluding hydrogens is 132 g/mol. The molecule has 4 atom stereocenters. The molecule has 0 N–H and O–H groups in total. The van der Waals surface area contributed by atoms with Gasteiger partial charge in [0.2, 0.25) is 0 Å². The van der Waals surface area contributed by atoms with Crippen molar-refractivity contribution in [3.05, 3.63) is 23.8 Å². The third-order valence-electron chi connectivity index (χ3n) is 3.89. The SMILES string of the molecule is CC=C1CC2C3C=CC(C3)C12. The van der Waals surface area contributed by atoms with E-state index in [9.17, 15) is 0 Å². The molecule has 0 nitrogen and oxygen atoms in total. The van der Waals surface area contributed by atoms with Crippen LogP contribution >= 0.6 is 0 Å². The smallest absolute Gasteiger partial charge is 0.0103 e. The van der Waals surface area contributed by atoms with Crippen molar-refractivity contribution in [1.82, 2.24) is 0 Å². The minimum atomic E-state index is 0.935. The van der Waals surface area contributed by atoms with Gasteiger partial charge in [-0.05, 0) is 43.4 Å². The quantitative estimate of drug-likeness (QED) is 0.461. The molecule has 11 heavy (non-hydrogen) atoms. The van der Waals surface area contributed by atoms with Crippen molar-refractivity contribution in [2.45, 2.75) is 19.8 Å². The molecule has 0 aliphatic heterocycles. The second-order valence-corrected chi connectivity index (χ2v) is 4.21. The highest BCUT2D eigenvalue weighted by Gasteiger charge is 2.51. The molecule has 0 heteroatoms. The van der Waals surface area contributed by atoms with Crippen molar-refractivity contribution in [2.24, 2.45) is 23.7 Å². The molecule has 2 fully saturated rings. The van der Waals surface area contributed by atoms with E-state index in [4.69, 9.17) is 0 Å². The van der Waals surface area contributed by atoms with Crippen LogP contribution < -0.4 is 0 Å². The van der Waals surface area contributed by atoms with Crippen LogP contribution in [0.5, 0.6) is 0 Å². The summed E-state index contributed by atoms with van der Waals surface area (Å²) >= 11 is 0. The summed E-state index contributed by atoms with van der Waals surface area (Å²) in [6.07, 6.45) is 10.1. The van der Waals surface area contributed by atoms with Gasteiger partial charge in [0.15, 0.2) is 0 Å². The zero-order valence-corrected chi connectivity index (χ0v) is 6.96. The van der Waals surface area contributed by atoms with E-state index in [1.807, 2.05) is 0 Å². The van der Waals surface area contributed by atoms with Gasteiger partial charge in [-0.15, -0.1) is 0 Å². The lowest BCUT2D eigenvalue weighted by atomic mass is 9.64. The first-order chi connectivity index (χ1) is 5.40. The maximum Gasteiger partial charge on any atom is -0.0103 e. The van der Waals surface area contributed by atoms with Crippen LogP contribution in [0.3, 0.4) is 0 Å². The molecule has 0 saturated heterocycles. The zero-order valence-electron chi connectivity index (χ0n) is 6.96. The van der Waals surface area contributed by atoms with E-state index in [0.717, 1.165) is 23.7 Å². The lowest BCUT2D eigenvalue weighted by molar-refractivity contribution is 0.255. The number of hydrogen-bond donors (Lipinski definition) is 0. The van der Waals surface area contributed by atoms with Crippen molar-refractivity contribution in [2.75, 3.05) is 0 Å². The molecule has 0 radical (unpaired) electrons. The van der Waals surface area contributed by atoms with Gasteiger partial charge < -0.3 is 0 Å². The summed E-state index contributed by atoms with van der Waals surface area (Å²) in [4.78, 5) is 0. The van der Waals surface area contributed by atoms with E-state index < -0.39 is 0 Å². The molecule has 58 valence electrons. The molecule has 0 spiro atoms. The van der Waals surface area contributed by atoms with Crippen LogP contribution in [0, 0.1) is 23.7 Å². The summed E-state index contributed by atoms with van der Waals surface area (Å²) in [5, 5.41) is 0. The molecule has 2 saturated carbocycles. The Morgan fingerprint density at radius 2 is 2.18 bits per heavy atom. The number of fused-ring (bicyclic) bond motifs is 5. The molecule has 3 aliphatic carbocycles. The molecule has 0 heterocycles. The fourth-order valence-corrected chi connectivity index (χ4v) is 3.31. The Labute approximate surface area is 68.0 Å². The number of allylic oxidation sites excluding steroid dienone is 4. The molecule has 3 rings (SSSR count). The highest BCUT2D eigenvalue weighted by Crippen LogP contribution is 2.60. The molecule has 3 aliphatic rings. The Balaban J connectivity index is 1.97. The molecule has 0 aromatic carbocycles. The van der Waals surface area contributed by atoms with Crippen molar-refractivity contribution >= 4 is 0 Å². The van der Waals surface area contributed by atoms with E-state index in [1.54, 1.807) is 5.57 Å². The van der Waals surface area contributed by atoms with Crippen LogP contribution in [-0.4, -0.2) is 0 Å². The van der Waals surface area contributed by atoms with Gasteiger partial charge in [0, 0.05) is 0 Å². The van der Waals surface area contributed by atoms with E-state index in [1.165, 1.54) is 12.8 Å². The van der Waals surface area contributed by atoms with Crippen molar-refractivity contribution in [1.29, 1.82) is 0 Å². The third kappa shape index (κ3) is 0.571. The lowest BCUT2D eigenvalue weighted by Gasteiger charge is -2.40. The predicted octanol–water partition coefficient (Wildman–Crippen LogP) is 2.77. The second kappa shape index (κ2) is 1.80. The summed E-state index contributed by atoms with van der Waals surface area (Å²) in [6.45, 7) is 2.20. The summed E-state index contributed by atoms with van der Waals surface area (Å²) in [5.74, 6) is 3.94. The summed E-state index contributed by atoms with van der Waals surface area (Å²) in [7, 11) is 0. The first-order valence-electron chi connectivity index (χ1n) is 4.73. The predicted molar refractivity (Wildman–Crippen MR) is 46.1 cm³/mol. The topological polar surface area (TPSA) is 0 Å². The Hall–Kier alpha value is -0.520. The Bertz CT molecular complexity index is 247. The normalized spacial score (nSPS) is 54.8. The van der Waals surface area contributed by atoms with Gasteiger partial charge >= 0.3 is 0 Å². The fraction of sp³-hybridized carbons (Fsp3) is 0.636. The van der Waals surface area contributed by atoms with E-state index in [2.05, 4.69) is 25.2 Å². The second-order valence-electron chi connectivity index (χ2n) is 4.21. The van der Waals surface area contributed by atoms with Crippen molar-refractivity contribution in [3.8, 4) is 0 Å². The first kappa shape index (κ1) is 6.05. The average molecular weight is 146 g/mol. The van der Waals surface area contributed by atoms with Gasteiger partial charge in [-0.1, -0.05) is 23.8 Å². The maximum atomic E-state index is 2.46. The highest BCUT2D eigenvalue weighted by atomic mass is 14.6. The van der Waals surface area contributed by atoms with Crippen LogP contribution in [0.4, 0.5) is 0 Å². The molecule has 2 bridgehead atoms. The maximum absolute atomic E-state index is 2.46. The highest BCUT2D eigenvalue weighted by molar-refractivity contribution is 5.31. The van der Waals surface area contributed by atoms with Gasteiger partial charge in [0.1, 0.15) is 0 Å². The summed E-state index contributed by atoms with van der Waals surface area (Å²) in [5.41, 5.74) is 1.74. The number of rotatable bonds is 0. The number of hydrogen-bond acceptors (Lipinski definition) is 0. The third-order valence-corrected chi connectivity index (χ3v) is 3.89. The monoisotopic (exact) mass is 146 g/mol. The van der Waals surface area contributed by atoms with Gasteiger partial charge in [-0.3, -0.25) is 0 Å². The van der Waals surface area contributed by atoms with E-state index in [0.29, 0.717) is 0 Å². The molecule has 0 amide bonds. The molecule has 0 aromatic heterocycles. The minimum Gasteiger partial charge on any atom is -0.0881 e. The minimum absolute atomic E-state index is 0.935.